The summed E-state index contributed by atoms with van der Waals surface area (Å²) in [5.74, 6) is 0.315. The fourth-order valence-electron chi connectivity index (χ4n) is 1.49. The summed E-state index contributed by atoms with van der Waals surface area (Å²) in [5, 5.41) is 20.7. The minimum atomic E-state index is -2.80. The van der Waals surface area contributed by atoms with Gasteiger partial charge in [-0.05, 0) is 0 Å². The second kappa shape index (κ2) is 5.41. The number of aliphatic hydroxyl groups excluding tert-OH is 1. The van der Waals surface area contributed by atoms with E-state index in [9.17, 15) is 8.78 Å². The molecule has 2 aromatic rings. The highest BCUT2D eigenvalue weighted by Crippen LogP contribution is 2.25. The average molecular weight is 274 g/mol. The molecule has 0 amide bonds. The van der Waals surface area contributed by atoms with E-state index in [4.69, 9.17) is 16.7 Å². The van der Waals surface area contributed by atoms with Gasteiger partial charge in [0.2, 0.25) is 0 Å². The standard InChI is InChI=1S/C11H10ClF2N3O/c12-9-6-3-1-2-4-7(6)11(17-16-9)15-5-8(18)10(13)14/h1-4,8,10,18H,5H2,(H,15,17). The molecule has 0 aliphatic carbocycles. The molecule has 0 aliphatic heterocycles. The van der Waals surface area contributed by atoms with Gasteiger partial charge in [0.05, 0.1) is 0 Å². The fourth-order valence-corrected chi connectivity index (χ4v) is 1.69. The molecule has 7 heteroatoms. The first-order valence-corrected chi connectivity index (χ1v) is 5.58. The number of nitrogens with one attached hydrogen (secondary N) is 1. The maximum absolute atomic E-state index is 12.2. The first-order valence-electron chi connectivity index (χ1n) is 5.20. The van der Waals surface area contributed by atoms with Crippen LogP contribution in [0.25, 0.3) is 10.8 Å². The van der Waals surface area contributed by atoms with E-state index in [1.807, 2.05) is 0 Å². The molecule has 0 bridgehead atoms. The Balaban J connectivity index is 2.26. The van der Waals surface area contributed by atoms with Crippen molar-refractivity contribution >= 4 is 28.2 Å². The summed E-state index contributed by atoms with van der Waals surface area (Å²) >= 11 is 5.87. The van der Waals surface area contributed by atoms with Crippen LogP contribution in [0, 0.1) is 0 Å². The molecule has 2 N–H and O–H groups in total. The van der Waals surface area contributed by atoms with Crippen molar-refractivity contribution in [1.29, 1.82) is 0 Å². The smallest absolute Gasteiger partial charge is 0.265 e. The summed E-state index contributed by atoms with van der Waals surface area (Å²) in [7, 11) is 0. The molecule has 1 unspecified atom stereocenters. The molecule has 0 fully saturated rings. The number of aliphatic hydroxyl groups is 1. The summed E-state index contributed by atoms with van der Waals surface area (Å²) in [4.78, 5) is 0. The maximum Gasteiger partial charge on any atom is 0.265 e. The summed E-state index contributed by atoms with van der Waals surface area (Å²) in [6.45, 7) is -0.308. The van der Waals surface area contributed by atoms with E-state index in [2.05, 4.69) is 15.5 Å². The Hall–Kier alpha value is -1.53. The first-order chi connectivity index (χ1) is 8.59. The van der Waals surface area contributed by atoms with Gasteiger partial charge in [-0.15, -0.1) is 10.2 Å². The third-order valence-corrected chi connectivity index (χ3v) is 2.69. The molecule has 0 radical (unpaired) electrons. The fraction of sp³-hybridized carbons (Fsp3) is 0.273. The molecule has 0 spiro atoms. The number of alkyl halides is 2. The number of halogens is 3. The van der Waals surface area contributed by atoms with Crippen LogP contribution in [0.2, 0.25) is 5.15 Å². The normalized spacial score (nSPS) is 12.9. The summed E-state index contributed by atoms with van der Waals surface area (Å²) in [5.41, 5.74) is 0. The zero-order valence-corrected chi connectivity index (χ0v) is 9.90. The summed E-state index contributed by atoms with van der Waals surface area (Å²) in [6, 6.07) is 7.05. The van der Waals surface area contributed by atoms with E-state index in [1.165, 1.54) is 0 Å². The van der Waals surface area contributed by atoms with Gasteiger partial charge in [0, 0.05) is 17.3 Å². The minimum Gasteiger partial charge on any atom is -0.385 e. The number of benzene rings is 1. The van der Waals surface area contributed by atoms with Gasteiger partial charge < -0.3 is 10.4 Å². The van der Waals surface area contributed by atoms with E-state index in [0.29, 0.717) is 16.6 Å². The molecule has 1 atom stereocenters. The zero-order chi connectivity index (χ0) is 13.1. The highest BCUT2D eigenvalue weighted by atomic mass is 35.5. The number of fused-ring (bicyclic) bond motifs is 1. The van der Waals surface area contributed by atoms with Crippen molar-refractivity contribution in [2.24, 2.45) is 0 Å². The van der Waals surface area contributed by atoms with Crippen LogP contribution in [0.5, 0.6) is 0 Å². The third kappa shape index (κ3) is 2.65. The molecule has 2 rings (SSSR count). The number of anilines is 1. The van der Waals surface area contributed by atoms with Gasteiger partial charge in [0.25, 0.3) is 6.43 Å². The molecule has 1 aromatic carbocycles. The quantitative estimate of drug-likeness (QED) is 0.898. The zero-order valence-electron chi connectivity index (χ0n) is 9.15. The lowest BCUT2D eigenvalue weighted by molar-refractivity contribution is 0.00381. The largest absolute Gasteiger partial charge is 0.385 e. The van der Waals surface area contributed by atoms with Crippen molar-refractivity contribution in [3.8, 4) is 0 Å². The number of hydrogen-bond acceptors (Lipinski definition) is 4. The summed E-state index contributed by atoms with van der Waals surface area (Å²) in [6.07, 6.45) is -4.55. The molecular weight excluding hydrogens is 264 g/mol. The van der Waals surface area contributed by atoms with E-state index < -0.39 is 12.5 Å². The molecule has 0 saturated carbocycles. The lowest BCUT2D eigenvalue weighted by atomic mass is 10.2. The number of hydrogen-bond donors (Lipinski definition) is 2. The Bertz CT molecular complexity index is 553. The van der Waals surface area contributed by atoms with Crippen LogP contribution in [0.1, 0.15) is 0 Å². The monoisotopic (exact) mass is 273 g/mol. The Morgan fingerprint density at radius 2 is 1.89 bits per heavy atom. The van der Waals surface area contributed by atoms with Gasteiger partial charge in [0.1, 0.15) is 6.10 Å². The first kappa shape index (κ1) is 12.9. The van der Waals surface area contributed by atoms with Crippen molar-refractivity contribution in [2.45, 2.75) is 12.5 Å². The topological polar surface area (TPSA) is 58.0 Å². The highest BCUT2D eigenvalue weighted by Gasteiger charge is 2.17. The Labute approximate surface area is 107 Å². The van der Waals surface area contributed by atoms with E-state index >= 15 is 0 Å². The van der Waals surface area contributed by atoms with Crippen LogP contribution in [-0.2, 0) is 0 Å². The molecular formula is C11H10ClF2N3O. The lowest BCUT2D eigenvalue weighted by Crippen LogP contribution is -2.27. The number of aromatic nitrogens is 2. The van der Waals surface area contributed by atoms with Gasteiger partial charge in [-0.2, -0.15) is 0 Å². The van der Waals surface area contributed by atoms with Crippen LogP contribution in [0.4, 0.5) is 14.6 Å². The van der Waals surface area contributed by atoms with Gasteiger partial charge in [-0.1, -0.05) is 35.9 Å². The van der Waals surface area contributed by atoms with Crippen molar-refractivity contribution in [1.82, 2.24) is 10.2 Å². The van der Waals surface area contributed by atoms with Crippen molar-refractivity contribution < 1.29 is 13.9 Å². The van der Waals surface area contributed by atoms with Gasteiger partial charge >= 0.3 is 0 Å². The van der Waals surface area contributed by atoms with Crippen LogP contribution in [-0.4, -0.2) is 34.4 Å². The number of rotatable bonds is 4. The Kier molecular flexibility index (Phi) is 3.88. The van der Waals surface area contributed by atoms with E-state index in [-0.39, 0.29) is 11.7 Å². The van der Waals surface area contributed by atoms with Crippen LogP contribution in [0.3, 0.4) is 0 Å². The molecule has 96 valence electrons. The summed E-state index contributed by atoms with van der Waals surface area (Å²) < 4.78 is 24.3. The lowest BCUT2D eigenvalue weighted by Gasteiger charge is -2.12. The molecule has 4 nitrogen and oxygen atoms in total. The Morgan fingerprint density at radius 1 is 1.22 bits per heavy atom. The maximum atomic E-state index is 12.2. The third-order valence-electron chi connectivity index (χ3n) is 2.41. The van der Waals surface area contributed by atoms with Crippen molar-refractivity contribution in [3.05, 3.63) is 29.4 Å². The predicted octanol–water partition coefficient (Wildman–Crippen LogP) is 2.32. The highest BCUT2D eigenvalue weighted by molar-refractivity contribution is 6.34. The van der Waals surface area contributed by atoms with Crippen molar-refractivity contribution in [2.75, 3.05) is 11.9 Å². The second-order valence-electron chi connectivity index (χ2n) is 3.67. The Morgan fingerprint density at radius 3 is 2.56 bits per heavy atom. The number of nitrogens with zero attached hydrogens (tertiary/aromatic N) is 2. The van der Waals surface area contributed by atoms with Crippen LogP contribution in [0.15, 0.2) is 24.3 Å². The minimum absolute atomic E-state index is 0.241. The SMILES string of the molecule is OC(CNc1nnc(Cl)c2ccccc12)C(F)F. The van der Waals surface area contributed by atoms with Crippen LogP contribution < -0.4 is 5.32 Å². The van der Waals surface area contributed by atoms with Crippen LogP contribution >= 0.6 is 11.6 Å². The van der Waals surface area contributed by atoms with Gasteiger partial charge in [-0.3, -0.25) is 0 Å². The molecule has 0 aliphatic rings. The molecule has 0 saturated heterocycles. The van der Waals surface area contributed by atoms with Crippen molar-refractivity contribution in [3.63, 3.8) is 0 Å². The predicted molar refractivity (Wildman–Crippen MR) is 65.0 cm³/mol. The molecule has 1 heterocycles. The average Bonchev–Trinajstić information content (AvgIpc) is 2.38. The van der Waals surface area contributed by atoms with E-state index in [1.54, 1.807) is 24.3 Å². The van der Waals surface area contributed by atoms with Gasteiger partial charge in [0.15, 0.2) is 11.0 Å². The van der Waals surface area contributed by atoms with Gasteiger partial charge in [-0.25, -0.2) is 8.78 Å². The molecule has 18 heavy (non-hydrogen) atoms. The van der Waals surface area contributed by atoms with E-state index in [0.717, 1.165) is 0 Å². The second-order valence-corrected chi connectivity index (χ2v) is 4.03. The molecule has 1 aromatic heterocycles.